The van der Waals surface area contributed by atoms with E-state index < -0.39 is 0 Å². The molecule has 66 valence electrons. The quantitative estimate of drug-likeness (QED) is 0.610. The Hall–Kier alpha value is -0.0400. The lowest BCUT2D eigenvalue weighted by molar-refractivity contribution is 0.369. The monoisotopic (exact) mass is 155 g/mol. The van der Waals surface area contributed by atoms with Crippen molar-refractivity contribution in [3.63, 3.8) is 0 Å². The Morgan fingerprint density at radius 1 is 1.18 bits per heavy atom. The molecule has 0 saturated heterocycles. The van der Waals surface area contributed by atoms with E-state index in [1.165, 1.54) is 44.9 Å². The highest BCUT2D eigenvalue weighted by Crippen LogP contribution is 2.25. The van der Waals surface area contributed by atoms with Gasteiger partial charge in [-0.05, 0) is 25.2 Å². The van der Waals surface area contributed by atoms with Crippen LogP contribution in [0.25, 0.3) is 0 Å². The summed E-state index contributed by atoms with van der Waals surface area (Å²) in [6, 6.07) is 0.512. The van der Waals surface area contributed by atoms with Crippen molar-refractivity contribution in [3.05, 3.63) is 0 Å². The summed E-state index contributed by atoms with van der Waals surface area (Å²) in [7, 11) is 0. The molecule has 1 nitrogen and oxygen atoms in total. The fraction of sp³-hybridized carbons (Fsp3) is 1.00. The van der Waals surface area contributed by atoms with E-state index >= 15 is 0 Å². The van der Waals surface area contributed by atoms with Crippen molar-refractivity contribution in [2.24, 2.45) is 11.7 Å². The second-order valence-electron chi connectivity index (χ2n) is 3.85. The molecule has 11 heavy (non-hydrogen) atoms. The van der Waals surface area contributed by atoms with E-state index in [0.29, 0.717) is 6.04 Å². The first-order valence-corrected chi connectivity index (χ1v) is 5.10. The molecule has 0 bridgehead atoms. The van der Waals surface area contributed by atoms with Crippen molar-refractivity contribution in [3.8, 4) is 0 Å². The molecule has 1 heteroatoms. The Morgan fingerprint density at radius 3 is 2.64 bits per heavy atom. The van der Waals surface area contributed by atoms with Crippen LogP contribution in [0, 0.1) is 5.92 Å². The van der Waals surface area contributed by atoms with E-state index in [0.717, 1.165) is 5.92 Å². The van der Waals surface area contributed by atoms with Gasteiger partial charge in [0.05, 0.1) is 0 Å². The standard InChI is InChI=1S/C10H21N/c1-2-6-9-7-4-3-5-8-10(9)11/h9-10H,2-8,11H2,1H3. The third kappa shape index (κ3) is 2.82. The lowest BCUT2D eigenvalue weighted by Gasteiger charge is -2.20. The van der Waals surface area contributed by atoms with Gasteiger partial charge in [0.15, 0.2) is 0 Å². The van der Waals surface area contributed by atoms with Crippen molar-refractivity contribution >= 4 is 0 Å². The zero-order valence-electron chi connectivity index (χ0n) is 7.68. The number of hydrogen-bond donors (Lipinski definition) is 1. The van der Waals surface area contributed by atoms with Gasteiger partial charge in [0.25, 0.3) is 0 Å². The summed E-state index contributed by atoms with van der Waals surface area (Å²) in [6.07, 6.45) is 9.49. The summed E-state index contributed by atoms with van der Waals surface area (Å²) in [4.78, 5) is 0. The zero-order valence-corrected chi connectivity index (χ0v) is 7.68. The Labute approximate surface area is 70.4 Å². The summed E-state index contributed by atoms with van der Waals surface area (Å²) in [5.41, 5.74) is 6.07. The maximum Gasteiger partial charge on any atom is 0.00671 e. The first kappa shape index (κ1) is 9.05. The molecule has 2 unspecified atom stereocenters. The molecule has 1 fully saturated rings. The van der Waals surface area contributed by atoms with Crippen LogP contribution in [-0.4, -0.2) is 6.04 Å². The molecule has 0 aromatic carbocycles. The van der Waals surface area contributed by atoms with Gasteiger partial charge in [0.2, 0.25) is 0 Å². The molecule has 1 rings (SSSR count). The number of nitrogens with two attached hydrogens (primary N) is 1. The Balaban J connectivity index is 2.32. The molecular formula is C10H21N. The van der Waals surface area contributed by atoms with Gasteiger partial charge in [0, 0.05) is 6.04 Å². The van der Waals surface area contributed by atoms with Crippen LogP contribution in [0.2, 0.25) is 0 Å². The van der Waals surface area contributed by atoms with Gasteiger partial charge < -0.3 is 5.73 Å². The van der Waals surface area contributed by atoms with Crippen LogP contribution >= 0.6 is 0 Å². The summed E-state index contributed by atoms with van der Waals surface area (Å²) < 4.78 is 0. The average molecular weight is 155 g/mol. The molecule has 1 aliphatic carbocycles. The molecule has 0 aromatic heterocycles. The molecule has 2 atom stereocenters. The van der Waals surface area contributed by atoms with Gasteiger partial charge in [0.1, 0.15) is 0 Å². The molecular weight excluding hydrogens is 134 g/mol. The molecule has 0 aromatic rings. The minimum absolute atomic E-state index is 0.512. The average Bonchev–Trinajstić information content (AvgIpc) is 2.18. The summed E-state index contributed by atoms with van der Waals surface area (Å²) >= 11 is 0. The molecule has 0 spiro atoms. The lowest BCUT2D eigenvalue weighted by atomic mass is 9.91. The first-order chi connectivity index (χ1) is 5.34. The number of rotatable bonds is 2. The van der Waals surface area contributed by atoms with E-state index in [1.807, 2.05) is 0 Å². The SMILES string of the molecule is CCCC1CCCCCC1N. The minimum atomic E-state index is 0.512. The first-order valence-electron chi connectivity index (χ1n) is 5.10. The van der Waals surface area contributed by atoms with Gasteiger partial charge in [-0.25, -0.2) is 0 Å². The molecule has 2 N–H and O–H groups in total. The van der Waals surface area contributed by atoms with Crippen LogP contribution in [0.15, 0.2) is 0 Å². The predicted octanol–water partition coefficient (Wildman–Crippen LogP) is 2.69. The third-order valence-electron chi connectivity index (χ3n) is 2.88. The fourth-order valence-corrected chi connectivity index (χ4v) is 2.14. The van der Waals surface area contributed by atoms with Crippen molar-refractivity contribution in [2.45, 2.75) is 57.9 Å². The third-order valence-corrected chi connectivity index (χ3v) is 2.88. The summed E-state index contributed by atoms with van der Waals surface area (Å²) in [5, 5.41) is 0. The molecule has 0 heterocycles. The lowest BCUT2D eigenvalue weighted by Crippen LogP contribution is -2.28. The largest absolute Gasteiger partial charge is 0.327 e. The second-order valence-corrected chi connectivity index (χ2v) is 3.85. The van der Waals surface area contributed by atoms with Crippen LogP contribution in [0.4, 0.5) is 0 Å². The Kier molecular flexibility index (Phi) is 3.92. The van der Waals surface area contributed by atoms with Gasteiger partial charge in [-0.1, -0.05) is 32.6 Å². The Morgan fingerprint density at radius 2 is 1.91 bits per heavy atom. The van der Waals surface area contributed by atoms with E-state index in [4.69, 9.17) is 5.73 Å². The van der Waals surface area contributed by atoms with Crippen molar-refractivity contribution in [1.82, 2.24) is 0 Å². The predicted molar refractivity (Wildman–Crippen MR) is 49.5 cm³/mol. The van der Waals surface area contributed by atoms with E-state index in [-0.39, 0.29) is 0 Å². The van der Waals surface area contributed by atoms with Gasteiger partial charge in [-0.2, -0.15) is 0 Å². The minimum Gasteiger partial charge on any atom is -0.327 e. The van der Waals surface area contributed by atoms with Crippen molar-refractivity contribution < 1.29 is 0 Å². The maximum atomic E-state index is 6.07. The number of hydrogen-bond acceptors (Lipinski definition) is 1. The highest BCUT2D eigenvalue weighted by molar-refractivity contribution is 4.75. The maximum absolute atomic E-state index is 6.07. The van der Waals surface area contributed by atoms with Gasteiger partial charge in [-0.15, -0.1) is 0 Å². The van der Waals surface area contributed by atoms with Crippen LogP contribution in [0.5, 0.6) is 0 Å². The molecule has 0 amide bonds. The van der Waals surface area contributed by atoms with Crippen LogP contribution in [0.3, 0.4) is 0 Å². The molecule has 0 aliphatic heterocycles. The van der Waals surface area contributed by atoms with E-state index in [2.05, 4.69) is 6.92 Å². The van der Waals surface area contributed by atoms with Crippen LogP contribution in [0.1, 0.15) is 51.9 Å². The van der Waals surface area contributed by atoms with Crippen LogP contribution < -0.4 is 5.73 Å². The summed E-state index contributed by atoms with van der Waals surface area (Å²) in [6.45, 7) is 2.26. The normalized spacial score (nSPS) is 33.3. The second kappa shape index (κ2) is 4.76. The summed E-state index contributed by atoms with van der Waals surface area (Å²) in [5.74, 6) is 0.836. The van der Waals surface area contributed by atoms with E-state index in [1.54, 1.807) is 0 Å². The highest BCUT2D eigenvalue weighted by atomic mass is 14.6. The zero-order chi connectivity index (χ0) is 8.10. The van der Waals surface area contributed by atoms with Crippen molar-refractivity contribution in [1.29, 1.82) is 0 Å². The fourth-order valence-electron chi connectivity index (χ4n) is 2.14. The van der Waals surface area contributed by atoms with Gasteiger partial charge in [-0.3, -0.25) is 0 Å². The topological polar surface area (TPSA) is 26.0 Å². The van der Waals surface area contributed by atoms with Crippen LogP contribution in [-0.2, 0) is 0 Å². The molecule has 1 aliphatic rings. The van der Waals surface area contributed by atoms with Crippen molar-refractivity contribution in [2.75, 3.05) is 0 Å². The Bertz CT molecular complexity index is 101. The smallest absolute Gasteiger partial charge is 0.00671 e. The van der Waals surface area contributed by atoms with E-state index in [9.17, 15) is 0 Å². The van der Waals surface area contributed by atoms with Gasteiger partial charge >= 0.3 is 0 Å². The molecule has 1 saturated carbocycles. The molecule has 0 radical (unpaired) electrons. The highest BCUT2D eigenvalue weighted by Gasteiger charge is 2.18.